The molecule has 3 heteroatoms. The summed E-state index contributed by atoms with van der Waals surface area (Å²) in [4.78, 5) is 5.61. The average Bonchev–Trinajstić information content (AvgIpc) is 2.20. The Morgan fingerprint density at radius 3 is 2.64 bits per heavy atom. The summed E-state index contributed by atoms with van der Waals surface area (Å²) in [6, 6.07) is 10.8. The van der Waals surface area contributed by atoms with Gasteiger partial charge in [-0.05, 0) is 31.9 Å². The summed E-state index contributed by atoms with van der Waals surface area (Å²) in [5.41, 5.74) is 1.16. The van der Waals surface area contributed by atoms with Crippen LogP contribution < -0.4 is 5.06 Å². The second-order valence-corrected chi connectivity index (χ2v) is 3.49. The number of nitrogens with zero attached hydrogens (tertiary/aromatic N) is 1. The quantitative estimate of drug-likeness (QED) is 0.711. The van der Waals surface area contributed by atoms with Gasteiger partial charge in [-0.3, -0.25) is 9.90 Å². The predicted molar refractivity (Wildman–Crippen MR) is 60.8 cm³/mol. The van der Waals surface area contributed by atoms with Gasteiger partial charge in [0.2, 0.25) is 0 Å². The van der Waals surface area contributed by atoms with Crippen LogP contribution in [0.1, 0.15) is 19.8 Å². The zero-order valence-electron chi connectivity index (χ0n) is 8.35. The number of benzene rings is 1. The summed E-state index contributed by atoms with van der Waals surface area (Å²) in [6.45, 7) is 3.05. The van der Waals surface area contributed by atoms with Gasteiger partial charge in [0.1, 0.15) is 0 Å². The minimum atomic E-state index is 0. The first kappa shape index (κ1) is 11.3. The number of hydrogen-bond donors (Lipinski definition) is 0. The van der Waals surface area contributed by atoms with Crippen molar-refractivity contribution in [1.29, 1.82) is 0 Å². The van der Waals surface area contributed by atoms with E-state index in [0.29, 0.717) is 6.04 Å². The minimum absolute atomic E-state index is 0. The summed E-state index contributed by atoms with van der Waals surface area (Å²) in [7, 11) is 0. The molecule has 0 aliphatic carbocycles. The largest absolute Gasteiger partial charge is 0.273 e. The van der Waals surface area contributed by atoms with Crippen molar-refractivity contribution in [2.45, 2.75) is 25.8 Å². The van der Waals surface area contributed by atoms with E-state index in [2.05, 4.69) is 19.1 Å². The highest BCUT2D eigenvalue weighted by atomic mass is 35.5. The van der Waals surface area contributed by atoms with Gasteiger partial charge in [-0.1, -0.05) is 18.2 Å². The molecular weight excluding hydrogens is 198 g/mol. The van der Waals surface area contributed by atoms with Crippen LogP contribution in [0.25, 0.3) is 0 Å². The molecule has 1 heterocycles. The third-order valence-electron chi connectivity index (χ3n) is 2.41. The van der Waals surface area contributed by atoms with Crippen molar-refractivity contribution in [1.82, 2.24) is 0 Å². The molecule has 0 saturated carbocycles. The lowest BCUT2D eigenvalue weighted by atomic mass is 10.1. The van der Waals surface area contributed by atoms with Gasteiger partial charge in [-0.2, -0.15) is 0 Å². The van der Waals surface area contributed by atoms with E-state index in [0.717, 1.165) is 12.3 Å². The Bertz CT molecular complexity index is 265. The van der Waals surface area contributed by atoms with Crippen molar-refractivity contribution in [2.24, 2.45) is 0 Å². The van der Waals surface area contributed by atoms with E-state index in [1.807, 2.05) is 23.3 Å². The summed E-state index contributed by atoms with van der Waals surface area (Å²) >= 11 is 0. The van der Waals surface area contributed by atoms with Crippen molar-refractivity contribution in [3.8, 4) is 0 Å². The Hall–Kier alpha value is -0.730. The molecule has 0 aromatic heterocycles. The number of para-hydroxylation sites is 1. The normalized spacial score (nSPS) is 21.5. The summed E-state index contributed by atoms with van der Waals surface area (Å²) in [5, 5.41) is 2.02. The molecule has 1 aromatic carbocycles. The Balaban J connectivity index is 0.000000980. The van der Waals surface area contributed by atoms with Gasteiger partial charge in [0, 0.05) is 0 Å². The van der Waals surface area contributed by atoms with E-state index < -0.39 is 0 Å². The monoisotopic (exact) mass is 213 g/mol. The molecule has 1 aromatic rings. The average molecular weight is 214 g/mol. The van der Waals surface area contributed by atoms with E-state index in [1.54, 1.807) is 0 Å². The SMILES string of the molecule is CC1CCCON1c1ccccc1.Cl. The van der Waals surface area contributed by atoms with Crippen molar-refractivity contribution in [3.05, 3.63) is 30.3 Å². The molecule has 1 atom stereocenters. The minimum Gasteiger partial charge on any atom is -0.273 e. The number of hydroxylamine groups is 1. The van der Waals surface area contributed by atoms with Crippen LogP contribution in [0.15, 0.2) is 30.3 Å². The topological polar surface area (TPSA) is 12.5 Å². The van der Waals surface area contributed by atoms with Gasteiger partial charge in [0.05, 0.1) is 18.3 Å². The molecule has 1 aliphatic heterocycles. The van der Waals surface area contributed by atoms with Crippen LogP contribution in [-0.4, -0.2) is 12.6 Å². The maximum atomic E-state index is 5.61. The zero-order valence-corrected chi connectivity index (χ0v) is 9.17. The Kier molecular flexibility index (Phi) is 4.23. The smallest absolute Gasteiger partial charge is 0.0749 e. The Morgan fingerprint density at radius 2 is 2.00 bits per heavy atom. The van der Waals surface area contributed by atoms with Crippen LogP contribution in [-0.2, 0) is 4.84 Å². The lowest BCUT2D eigenvalue weighted by Gasteiger charge is -2.34. The first-order valence-corrected chi connectivity index (χ1v) is 4.85. The number of halogens is 1. The third kappa shape index (κ3) is 2.40. The van der Waals surface area contributed by atoms with Crippen LogP contribution >= 0.6 is 12.4 Å². The fourth-order valence-corrected chi connectivity index (χ4v) is 1.69. The fraction of sp³-hybridized carbons (Fsp3) is 0.455. The van der Waals surface area contributed by atoms with E-state index >= 15 is 0 Å². The molecule has 0 amide bonds. The maximum Gasteiger partial charge on any atom is 0.0749 e. The molecule has 1 aliphatic rings. The van der Waals surface area contributed by atoms with Gasteiger partial charge in [-0.15, -0.1) is 12.4 Å². The Morgan fingerprint density at radius 1 is 1.29 bits per heavy atom. The molecule has 1 saturated heterocycles. The van der Waals surface area contributed by atoms with Crippen molar-refractivity contribution in [2.75, 3.05) is 11.7 Å². The molecule has 1 fully saturated rings. The van der Waals surface area contributed by atoms with Crippen LogP contribution in [0.2, 0.25) is 0 Å². The van der Waals surface area contributed by atoms with E-state index in [9.17, 15) is 0 Å². The molecule has 14 heavy (non-hydrogen) atoms. The van der Waals surface area contributed by atoms with Gasteiger partial charge in [-0.25, -0.2) is 0 Å². The highest BCUT2D eigenvalue weighted by Gasteiger charge is 2.18. The van der Waals surface area contributed by atoms with Gasteiger partial charge < -0.3 is 0 Å². The van der Waals surface area contributed by atoms with Gasteiger partial charge >= 0.3 is 0 Å². The molecule has 0 N–H and O–H groups in total. The molecular formula is C11H16ClNO. The second-order valence-electron chi connectivity index (χ2n) is 3.49. The lowest BCUT2D eigenvalue weighted by molar-refractivity contribution is 0.0533. The first-order valence-electron chi connectivity index (χ1n) is 4.85. The molecule has 0 radical (unpaired) electrons. The molecule has 2 nitrogen and oxygen atoms in total. The highest BCUT2D eigenvalue weighted by molar-refractivity contribution is 5.85. The maximum absolute atomic E-state index is 5.61. The molecule has 0 bridgehead atoms. The first-order chi connectivity index (χ1) is 6.38. The van der Waals surface area contributed by atoms with Gasteiger partial charge in [0.15, 0.2) is 0 Å². The Labute approximate surface area is 91.2 Å². The predicted octanol–water partition coefficient (Wildman–Crippen LogP) is 3.03. The van der Waals surface area contributed by atoms with E-state index in [1.165, 1.54) is 12.8 Å². The van der Waals surface area contributed by atoms with Crippen LogP contribution in [0, 0.1) is 0 Å². The second kappa shape index (κ2) is 5.23. The summed E-state index contributed by atoms with van der Waals surface area (Å²) in [6.07, 6.45) is 2.39. The fourth-order valence-electron chi connectivity index (χ4n) is 1.69. The lowest BCUT2D eigenvalue weighted by Crippen LogP contribution is -2.37. The molecule has 78 valence electrons. The summed E-state index contributed by atoms with van der Waals surface area (Å²) in [5.74, 6) is 0. The zero-order chi connectivity index (χ0) is 9.10. The summed E-state index contributed by atoms with van der Waals surface area (Å²) < 4.78 is 0. The number of anilines is 1. The van der Waals surface area contributed by atoms with Crippen LogP contribution in [0.5, 0.6) is 0 Å². The van der Waals surface area contributed by atoms with Crippen molar-refractivity contribution < 1.29 is 4.84 Å². The van der Waals surface area contributed by atoms with Crippen molar-refractivity contribution in [3.63, 3.8) is 0 Å². The number of hydrogen-bond acceptors (Lipinski definition) is 2. The third-order valence-corrected chi connectivity index (χ3v) is 2.41. The highest BCUT2D eigenvalue weighted by Crippen LogP contribution is 2.22. The van der Waals surface area contributed by atoms with Crippen LogP contribution in [0.3, 0.4) is 0 Å². The molecule has 2 rings (SSSR count). The van der Waals surface area contributed by atoms with Crippen molar-refractivity contribution >= 4 is 18.1 Å². The molecule has 1 unspecified atom stereocenters. The van der Waals surface area contributed by atoms with E-state index in [-0.39, 0.29) is 12.4 Å². The van der Waals surface area contributed by atoms with Gasteiger partial charge in [0.25, 0.3) is 0 Å². The molecule has 0 spiro atoms. The van der Waals surface area contributed by atoms with Crippen LogP contribution in [0.4, 0.5) is 5.69 Å². The van der Waals surface area contributed by atoms with E-state index in [4.69, 9.17) is 4.84 Å². The standard InChI is InChI=1S/C11H15NO.ClH/c1-10-6-5-9-13-12(10)11-7-3-2-4-8-11;/h2-4,7-8,10H,5-6,9H2,1H3;1H. The number of rotatable bonds is 1.